The van der Waals surface area contributed by atoms with Crippen LogP contribution in [-0.4, -0.2) is 189 Å². The Hall–Kier alpha value is -1.71. The van der Waals surface area contributed by atoms with Crippen molar-refractivity contribution in [1.82, 2.24) is 0 Å². The van der Waals surface area contributed by atoms with E-state index in [1.807, 2.05) is 0 Å². The van der Waals surface area contributed by atoms with Gasteiger partial charge in [-0.3, -0.25) is 14.4 Å². The SMILES string of the molecule is CC(=O)C1(O)O[C@H](CO)[C@@H](O)[C@H](O)[C@@H]1N.CC(=O)C1(O)O[C@H](CO)[C@@H](O)[C@H](O)[C@H]1N.CC(=O)C1(O)O[C@H](CO)[C@H](O)[C@H](O)[C@H]1N. The molecule has 21 heteroatoms. The first kappa shape index (κ1) is 41.3. The van der Waals surface area contributed by atoms with Gasteiger partial charge in [0.25, 0.3) is 0 Å². The van der Waals surface area contributed by atoms with Crippen molar-refractivity contribution in [2.24, 2.45) is 17.2 Å². The summed E-state index contributed by atoms with van der Waals surface area (Å²) in [4.78, 5) is 33.3. The highest BCUT2D eigenvalue weighted by Gasteiger charge is 2.56. The van der Waals surface area contributed by atoms with Crippen LogP contribution >= 0.6 is 0 Å². The quantitative estimate of drug-likeness (QED) is 0.125. The van der Waals surface area contributed by atoms with Crippen LogP contribution in [0.4, 0.5) is 0 Å². The Labute approximate surface area is 256 Å². The molecule has 264 valence electrons. The van der Waals surface area contributed by atoms with Gasteiger partial charge in [-0.25, -0.2) is 0 Å². The molecule has 0 aromatic rings. The molecule has 0 saturated carbocycles. The third-order valence-electron chi connectivity index (χ3n) is 7.70. The van der Waals surface area contributed by atoms with Gasteiger partial charge < -0.3 is 92.7 Å². The smallest absolute Gasteiger partial charge is 0.244 e. The molecule has 0 radical (unpaired) electrons. The zero-order valence-electron chi connectivity index (χ0n) is 24.6. The number of hydrogen-bond acceptors (Lipinski definition) is 21. The average molecular weight is 664 g/mol. The van der Waals surface area contributed by atoms with Crippen LogP contribution in [0.3, 0.4) is 0 Å². The Morgan fingerprint density at radius 1 is 0.489 bits per heavy atom. The monoisotopic (exact) mass is 663 g/mol. The summed E-state index contributed by atoms with van der Waals surface area (Å²) in [7, 11) is 0. The summed E-state index contributed by atoms with van der Waals surface area (Å²) in [5.74, 6) is -9.48. The van der Waals surface area contributed by atoms with E-state index in [0.29, 0.717) is 0 Å². The summed E-state index contributed by atoms with van der Waals surface area (Å²) >= 11 is 0. The van der Waals surface area contributed by atoms with Gasteiger partial charge in [-0.15, -0.1) is 0 Å². The number of aliphatic hydroxyl groups excluding tert-OH is 9. The number of Topliss-reactive ketones (excluding diaryl/α,β-unsaturated/α-hetero) is 3. The lowest BCUT2D eigenvalue weighted by molar-refractivity contribution is -0.296. The molecule has 3 saturated heterocycles. The predicted octanol–water partition coefficient (Wildman–Crippen LogP) is -9.89. The molecule has 3 heterocycles. The molecule has 3 fully saturated rings. The molecule has 0 amide bonds. The third-order valence-corrected chi connectivity index (χ3v) is 7.70. The number of ketones is 3. The number of ether oxygens (including phenoxy) is 3. The molecule has 3 aliphatic rings. The van der Waals surface area contributed by atoms with Crippen molar-refractivity contribution in [3.8, 4) is 0 Å². The maximum absolute atomic E-state index is 11.1. The van der Waals surface area contributed by atoms with Crippen molar-refractivity contribution in [3.63, 3.8) is 0 Å². The molecule has 45 heavy (non-hydrogen) atoms. The van der Waals surface area contributed by atoms with Crippen molar-refractivity contribution < 1.29 is 89.9 Å². The Morgan fingerprint density at radius 3 is 0.800 bits per heavy atom. The van der Waals surface area contributed by atoms with Crippen molar-refractivity contribution >= 4 is 17.3 Å². The van der Waals surface area contributed by atoms with Crippen molar-refractivity contribution in [2.75, 3.05) is 19.8 Å². The maximum Gasteiger partial charge on any atom is 0.244 e. The second-order valence-corrected chi connectivity index (χ2v) is 10.8. The zero-order valence-corrected chi connectivity index (χ0v) is 24.6. The van der Waals surface area contributed by atoms with Crippen LogP contribution in [0, 0.1) is 0 Å². The number of carbonyl (C=O) groups is 3. The van der Waals surface area contributed by atoms with Gasteiger partial charge in [0.15, 0.2) is 17.3 Å². The van der Waals surface area contributed by atoms with Crippen LogP contribution in [0.25, 0.3) is 0 Å². The van der Waals surface area contributed by atoms with E-state index in [-0.39, 0.29) is 0 Å². The molecule has 0 aromatic heterocycles. The van der Waals surface area contributed by atoms with E-state index in [1.165, 1.54) is 0 Å². The lowest BCUT2D eigenvalue weighted by atomic mass is 9.89. The highest BCUT2D eigenvalue weighted by atomic mass is 16.7. The van der Waals surface area contributed by atoms with Gasteiger partial charge >= 0.3 is 0 Å². The fourth-order valence-corrected chi connectivity index (χ4v) is 4.52. The van der Waals surface area contributed by atoms with Gasteiger partial charge in [0.1, 0.15) is 54.9 Å². The Balaban J connectivity index is 0.000000337. The first-order valence-electron chi connectivity index (χ1n) is 13.4. The average Bonchev–Trinajstić information content (AvgIpc) is 2.99. The van der Waals surface area contributed by atoms with Crippen LogP contribution in [0.5, 0.6) is 0 Å². The molecular formula is C24H45N3O18. The molecule has 15 atom stereocenters. The summed E-state index contributed by atoms with van der Waals surface area (Å²) in [5, 5.41) is 112. The van der Waals surface area contributed by atoms with Gasteiger partial charge in [0.05, 0.1) is 37.9 Å². The molecule has 0 spiro atoms. The normalized spacial score (nSPS) is 46.5. The zero-order chi connectivity index (χ0) is 35.4. The van der Waals surface area contributed by atoms with E-state index in [2.05, 4.69) is 0 Å². The summed E-state index contributed by atoms with van der Waals surface area (Å²) in [6.45, 7) is 1.21. The summed E-state index contributed by atoms with van der Waals surface area (Å²) in [6, 6.07) is -4.35. The highest BCUT2D eigenvalue weighted by Crippen LogP contribution is 2.29. The Morgan fingerprint density at radius 2 is 0.667 bits per heavy atom. The van der Waals surface area contributed by atoms with Crippen molar-refractivity contribution in [1.29, 1.82) is 0 Å². The van der Waals surface area contributed by atoms with E-state index in [0.717, 1.165) is 20.8 Å². The number of hydrogen-bond donors (Lipinski definition) is 15. The molecule has 18 N–H and O–H groups in total. The fourth-order valence-electron chi connectivity index (χ4n) is 4.52. The minimum Gasteiger partial charge on any atom is -0.394 e. The number of nitrogens with two attached hydrogens (primary N) is 3. The highest BCUT2D eigenvalue weighted by molar-refractivity contribution is 5.85. The molecule has 0 aromatic carbocycles. The molecule has 3 aliphatic heterocycles. The standard InChI is InChI=1S/3C8H15NO6/c3*1-3(11)8(14)7(9)6(13)5(12)4(2-10)15-8/h3*4-7,10,12-14H,2,9H2,1H3/t4-,5+,6+,7-,8?;4-,5-,6+,7+,8?;4-,5-,6+,7-,8?/m111/s1. The maximum atomic E-state index is 11.1. The van der Waals surface area contributed by atoms with Gasteiger partial charge in [-0.05, 0) is 0 Å². The predicted molar refractivity (Wildman–Crippen MR) is 143 cm³/mol. The van der Waals surface area contributed by atoms with Crippen LogP contribution in [-0.2, 0) is 28.6 Å². The van der Waals surface area contributed by atoms with E-state index >= 15 is 0 Å². The summed E-state index contributed by atoms with van der Waals surface area (Å²) in [5.41, 5.74) is 16.1. The second kappa shape index (κ2) is 15.9. The van der Waals surface area contributed by atoms with Gasteiger partial charge in [-0.2, -0.15) is 0 Å². The molecule has 21 nitrogen and oxygen atoms in total. The lowest BCUT2D eigenvalue weighted by Gasteiger charge is -2.44. The van der Waals surface area contributed by atoms with Crippen LogP contribution in [0.2, 0.25) is 0 Å². The largest absolute Gasteiger partial charge is 0.394 e. The number of carbonyl (C=O) groups excluding carboxylic acids is 3. The molecule has 0 aliphatic carbocycles. The van der Waals surface area contributed by atoms with Gasteiger partial charge in [0.2, 0.25) is 17.4 Å². The van der Waals surface area contributed by atoms with Crippen molar-refractivity contribution in [3.05, 3.63) is 0 Å². The Bertz CT molecular complexity index is 896. The van der Waals surface area contributed by atoms with Crippen LogP contribution in [0.1, 0.15) is 20.8 Å². The van der Waals surface area contributed by atoms with E-state index in [4.69, 9.17) is 46.7 Å². The topological polar surface area (TPSA) is 400 Å². The number of rotatable bonds is 6. The summed E-state index contributed by atoms with van der Waals surface area (Å²) in [6.07, 6.45) is -12.7. The first-order chi connectivity index (χ1) is 20.5. The third kappa shape index (κ3) is 8.24. The van der Waals surface area contributed by atoms with Gasteiger partial charge in [-0.1, -0.05) is 0 Å². The van der Waals surface area contributed by atoms with Crippen molar-refractivity contribution in [2.45, 2.75) is 111 Å². The molecular weight excluding hydrogens is 618 g/mol. The molecule has 0 bridgehead atoms. The van der Waals surface area contributed by atoms with Crippen LogP contribution < -0.4 is 17.2 Å². The Kier molecular flexibility index (Phi) is 14.6. The van der Waals surface area contributed by atoms with Gasteiger partial charge in [0, 0.05) is 20.8 Å². The molecule has 3 rings (SSSR count). The van der Waals surface area contributed by atoms with Crippen LogP contribution in [0.15, 0.2) is 0 Å². The fraction of sp³-hybridized carbons (Fsp3) is 0.875. The summed E-state index contributed by atoms with van der Waals surface area (Å²) < 4.78 is 14.4. The minimum atomic E-state index is -2.37. The van der Waals surface area contributed by atoms with E-state index in [9.17, 15) is 60.3 Å². The molecule has 3 unspecified atom stereocenters. The second-order valence-electron chi connectivity index (χ2n) is 10.8. The van der Waals surface area contributed by atoms with E-state index in [1.54, 1.807) is 0 Å². The lowest BCUT2D eigenvalue weighted by Crippen LogP contribution is -2.70. The number of aliphatic hydroxyl groups is 12. The minimum absolute atomic E-state index is 0.638. The first-order valence-corrected chi connectivity index (χ1v) is 13.4. The van der Waals surface area contributed by atoms with E-state index < -0.39 is 128 Å².